The SMILES string of the molecule is C=CC(=O)OCCOc1ccc(C(=O)O[C@H]2CO[C@@H]3[C@H]2OC[C@@H]3OC(=O)c2ccc(OCCOC(=O)C=C)cc2)cc1. The molecule has 42 heavy (non-hydrogen) atoms. The second-order valence-electron chi connectivity index (χ2n) is 8.97. The van der Waals surface area contributed by atoms with Crippen LogP contribution in [-0.4, -0.2) is 87.9 Å². The summed E-state index contributed by atoms with van der Waals surface area (Å²) in [5.74, 6) is -1.23. The molecule has 4 atom stereocenters. The van der Waals surface area contributed by atoms with Gasteiger partial charge >= 0.3 is 23.9 Å². The smallest absolute Gasteiger partial charge is 0.338 e. The molecule has 0 aromatic heterocycles. The Bertz CT molecular complexity index is 1170. The Morgan fingerprint density at radius 1 is 0.643 bits per heavy atom. The summed E-state index contributed by atoms with van der Waals surface area (Å²) in [4.78, 5) is 47.5. The van der Waals surface area contributed by atoms with Gasteiger partial charge in [-0.2, -0.15) is 0 Å². The summed E-state index contributed by atoms with van der Waals surface area (Å²) in [5.41, 5.74) is 0.602. The van der Waals surface area contributed by atoms with Crippen molar-refractivity contribution >= 4 is 23.9 Å². The largest absolute Gasteiger partial charge is 0.490 e. The number of rotatable bonds is 14. The van der Waals surface area contributed by atoms with E-state index in [4.69, 9.17) is 37.9 Å². The van der Waals surface area contributed by atoms with Crippen molar-refractivity contribution in [3.8, 4) is 11.5 Å². The Labute approximate surface area is 241 Å². The maximum atomic E-state index is 12.7. The molecule has 0 N–H and O–H groups in total. The van der Waals surface area contributed by atoms with Gasteiger partial charge in [0.1, 0.15) is 50.1 Å². The first-order valence-corrected chi connectivity index (χ1v) is 13.1. The molecule has 2 aliphatic heterocycles. The lowest BCUT2D eigenvalue weighted by atomic mass is 10.1. The van der Waals surface area contributed by atoms with Gasteiger partial charge in [0.2, 0.25) is 0 Å². The van der Waals surface area contributed by atoms with Crippen LogP contribution in [0.25, 0.3) is 0 Å². The average Bonchev–Trinajstić information content (AvgIpc) is 3.60. The molecule has 2 aromatic rings. The van der Waals surface area contributed by atoms with Gasteiger partial charge in [0, 0.05) is 12.2 Å². The lowest BCUT2D eigenvalue weighted by Gasteiger charge is -2.17. The van der Waals surface area contributed by atoms with Crippen LogP contribution in [0.15, 0.2) is 73.8 Å². The first-order valence-electron chi connectivity index (χ1n) is 13.1. The van der Waals surface area contributed by atoms with Crippen LogP contribution in [-0.2, 0) is 38.0 Å². The normalized spacial score (nSPS) is 20.5. The molecule has 0 amide bonds. The van der Waals surface area contributed by atoms with Crippen molar-refractivity contribution in [3.63, 3.8) is 0 Å². The third-order valence-corrected chi connectivity index (χ3v) is 6.19. The van der Waals surface area contributed by atoms with Crippen molar-refractivity contribution in [2.75, 3.05) is 39.6 Å². The topological polar surface area (TPSA) is 142 Å². The fourth-order valence-corrected chi connectivity index (χ4v) is 4.14. The first kappa shape index (κ1) is 30.3. The predicted octanol–water partition coefficient (Wildman–Crippen LogP) is 2.45. The Kier molecular flexibility index (Phi) is 10.7. The van der Waals surface area contributed by atoms with E-state index in [2.05, 4.69) is 13.2 Å². The average molecular weight is 583 g/mol. The Morgan fingerprint density at radius 2 is 1.02 bits per heavy atom. The van der Waals surface area contributed by atoms with Crippen molar-refractivity contribution in [2.24, 2.45) is 0 Å². The van der Waals surface area contributed by atoms with E-state index in [1.807, 2.05) is 0 Å². The zero-order valence-corrected chi connectivity index (χ0v) is 22.6. The fraction of sp³-hybridized carbons (Fsp3) is 0.333. The van der Waals surface area contributed by atoms with Crippen molar-refractivity contribution in [3.05, 3.63) is 85.0 Å². The zero-order chi connectivity index (χ0) is 29.9. The molecular weight excluding hydrogens is 552 g/mol. The van der Waals surface area contributed by atoms with Gasteiger partial charge in [-0.25, -0.2) is 19.2 Å². The summed E-state index contributed by atoms with van der Waals surface area (Å²) in [6.07, 6.45) is -0.392. The third-order valence-electron chi connectivity index (χ3n) is 6.19. The van der Waals surface area contributed by atoms with Crippen LogP contribution >= 0.6 is 0 Å². The summed E-state index contributed by atoms with van der Waals surface area (Å²) < 4.78 is 43.4. The lowest BCUT2D eigenvalue weighted by Crippen LogP contribution is -2.36. The van der Waals surface area contributed by atoms with Gasteiger partial charge in [-0.15, -0.1) is 0 Å². The van der Waals surface area contributed by atoms with E-state index in [0.29, 0.717) is 22.6 Å². The van der Waals surface area contributed by atoms with E-state index in [1.165, 1.54) is 0 Å². The first-order chi connectivity index (χ1) is 20.4. The van der Waals surface area contributed by atoms with Crippen molar-refractivity contribution in [1.29, 1.82) is 0 Å². The number of fused-ring (bicyclic) bond motifs is 1. The van der Waals surface area contributed by atoms with Gasteiger partial charge < -0.3 is 37.9 Å². The fourth-order valence-electron chi connectivity index (χ4n) is 4.14. The highest BCUT2D eigenvalue weighted by atomic mass is 16.7. The maximum Gasteiger partial charge on any atom is 0.338 e. The van der Waals surface area contributed by atoms with Crippen LogP contribution in [0, 0.1) is 0 Å². The van der Waals surface area contributed by atoms with Crippen LogP contribution in [0.2, 0.25) is 0 Å². The third kappa shape index (κ3) is 8.18. The molecule has 4 rings (SSSR count). The molecule has 2 aromatic carbocycles. The van der Waals surface area contributed by atoms with E-state index in [9.17, 15) is 19.2 Å². The van der Waals surface area contributed by atoms with Crippen LogP contribution in [0.4, 0.5) is 0 Å². The highest BCUT2D eigenvalue weighted by Crippen LogP contribution is 2.31. The number of carbonyl (C=O) groups is 4. The van der Waals surface area contributed by atoms with Crippen LogP contribution < -0.4 is 9.47 Å². The molecule has 2 saturated heterocycles. The Hall–Kier alpha value is -4.68. The minimum atomic E-state index is -0.677. The number of ether oxygens (including phenoxy) is 8. The second kappa shape index (κ2) is 14.8. The summed E-state index contributed by atoms with van der Waals surface area (Å²) in [7, 11) is 0. The quantitative estimate of drug-likeness (QED) is 0.140. The van der Waals surface area contributed by atoms with Gasteiger partial charge in [0.15, 0.2) is 12.2 Å². The maximum absolute atomic E-state index is 12.7. The van der Waals surface area contributed by atoms with Gasteiger partial charge in [0.05, 0.1) is 24.3 Å². The number of hydrogen-bond acceptors (Lipinski definition) is 12. The molecule has 0 spiro atoms. The van der Waals surface area contributed by atoms with E-state index in [1.54, 1.807) is 48.5 Å². The Morgan fingerprint density at radius 3 is 1.38 bits per heavy atom. The van der Waals surface area contributed by atoms with E-state index in [-0.39, 0.29) is 39.6 Å². The van der Waals surface area contributed by atoms with Crippen molar-refractivity contribution in [1.82, 2.24) is 0 Å². The van der Waals surface area contributed by atoms with Gasteiger partial charge in [-0.05, 0) is 48.5 Å². The summed E-state index contributed by atoms with van der Waals surface area (Å²) in [6, 6.07) is 12.6. The lowest BCUT2D eigenvalue weighted by molar-refractivity contribution is -0.139. The highest BCUT2D eigenvalue weighted by Gasteiger charge is 2.51. The molecule has 0 unspecified atom stereocenters. The summed E-state index contributed by atoms with van der Waals surface area (Å²) in [5, 5.41) is 0. The highest BCUT2D eigenvalue weighted by molar-refractivity contribution is 5.90. The monoisotopic (exact) mass is 582 g/mol. The van der Waals surface area contributed by atoms with E-state index < -0.39 is 48.3 Å². The van der Waals surface area contributed by atoms with Gasteiger partial charge in [-0.1, -0.05) is 13.2 Å². The molecule has 0 saturated carbocycles. The number of esters is 4. The molecule has 0 bridgehead atoms. The molecule has 2 heterocycles. The van der Waals surface area contributed by atoms with Gasteiger partial charge in [0.25, 0.3) is 0 Å². The molecule has 2 fully saturated rings. The number of hydrogen-bond donors (Lipinski definition) is 0. The van der Waals surface area contributed by atoms with Crippen LogP contribution in [0.5, 0.6) is 11.5 Å². The zero-order valence-electron chi connectivity index (χ0n) is 22.6. The van der Waals surface area contributed by atoms with Crippen molar-refractivity contribution < 1.29 is 57.1 Å². The molecule has 0 radical (unpaired) electrons. The molecule has 12 nitrogen and oxygen atoms in total. The Balaban J connectivity index is 1.20. The van der Waals surface area contributed by atoms with Crippen LogP contribution in [0.3, 0.4) is 0 Å². The summed E-state index contributed by atoms with van der Waals surface area (Å²) in [6.45, 7) is 7.22. The molecule has 0 aliphatic carbocycles. The van der Waals surface area contributed by atoms with E-state index >= 15 is 0 Å². The van der Waals surface area contributed by atoms with Gasteiger partial charge in [-0.3, -0.25) is 0 Å². The number of carbonyl (C=O) groups excluding carboxylic acids is 4. The molecule has 12 heteroatoms. The standard InChI is InChI=1S/C30H30O12/c1-3-25(31)37-15-13-35-21-9-5-19(6-10-21)29(33)41-23-17-39-28-24(18-40-27(23)28)42-30(34)20-7-11-22(12-8-20)36-14-16-38-26(32)4-2/h3-12,23-24,27-28H,1-2,13-18H2/t23-,24-,27-,28-/m0/s1. The summed E-state index contributed by atoms with van der Waals surface area (Å²) >= 11 is 0. The second-order valence-corrected chi connectivity index (χ2v) is 8.97. The number of benzene rings is 2. The molecule has 222 valence electrons. The minimum absolute atomic E-state index is 0.0639. The predicted molar refractivity (Wildman–Crippen MR) is 144 cm³/mol. The minimum Gasteiger partial charge on any atom is -0.490 e. The van der Waals surface area contributed by atoms with E-state index in [0.717, 1.165) is 12.2 Å². The van der Waals surface area contributed by atoms with Crippen molar-refractivity contribution in [2.45, 2.75) is 24.4 Å². The molecule has 2 aliphatic rings. The molecular formula is C30H30O12. The van der Waals surface area contributed by atoms with Crippen LogP contribution in [0.1, 0.15) is 20.7 Å².